The summed E-state index contributed by atoms with van der Waals surface area (Å²) in [5.74, 6) is 0. The first kappa shape index (κ1) is 22.1. The molecule has 164 valence electrons. The lowest BCUT2D eigenvalue weighted by Gasteiger charge is -2.33. The molecular weight excluding hydrogens is 456 g/mol. The van der Waals surface area contributed by atoms with Crippen LogP contribution < -0.4 is 0 Å². The van der Waals surface area contributed by atoms with Crippen LogP contribution in [0.3, 0.4) is 0 Å². The Labute approximate surface area is 191 Å². The van der Waals surface area contributed by atoms with Crippen molar-refractivity contribution in [1.82, 2.24) is 28.5 Å². The number of hydrogen-bond acceptors (Lipinski definition) is 6. The van der Waals surface area contributed by atoms with Crippen molar-refractivity contribution in [2.75, 3.05) is 26.2 Å². The van der Waals surface area contributed by atoms with Crippen LogP contribution in [0.15, 0.2) is 59.9 Å². The predicted molar refractivity (Wildman–Crippen MR) is 121 cm³/mol. The van der Waals surface area contributed by atoms with Crippen LogP contribution in [-0.2, 0) is 29.7 Å². The molecule has 11 heteroatoms. The second kappa shape index (κ2) is 9.58. The van der Waals surface area contributed by atoms with Crippen LogP contribution in [-0.4, -0.2) is 63.1 Å². The number of hydrogen-bond donors (Lipinski definition) is 0. The van der Waals surface area contributed by atoms with E-state index in [1.54, 1.807) is 41.5 Å². The first-order valence-electron chi connectivity index (χ1n) is 9.94. The van der Waals surface area contributed by atoms with Crippen molar-refractivity contribution in [3.8, 4) is 0 Å². The van der Waals surface area contributed by atoms with Crippen molar-refractivity contribution in [3.05, 3.63) is 70.5 Å². The van der Waals surface area contributed by atoms with Crippen molar-refractivity contribution < 1.29 is 8.42 Å². The van der Waals surface area contributed by atoms with Crippen LogP contribution >= 0.6 is 23.8 Å². The fourth-order valence-electron chi connectivity index (χ4n) is 3.46. The van der Waals surface area contributed by atoms with Gasteiger partial charge < -0.3 is 4.57 Å². The first-order chi connectivity index (χ1) is 14.9. The zero-order chi connectivity index (χ0) is 21.8. The van der Waals surface area contributed by atoms with Crippen molar-refractivity contribution in [3.63, 3.8) is 0 Å². The average molecular weight is 479 g/mol. The molecule has 3 heterocycles. The minimum Gasteiger partial charge on any atom is -0.306 e. The lowest BCUT2D eigenvalue weighted by Crippen LogP contribution is -2.48. The number of aryl methyl sites for hydroxylation is 2. The monoisotopic (exact) mass is 478 g/mol. The molecule has 0 amide bonds. The third kappa shape index (κ3) is 5.21. The number of piperazine rings is 1. The highest BCUT2D eigenvalue weighted by atomic mass is 35.5. The number of benzene rings is 1. The van der Waals surface area contributed by atoms with Gasteiger partial charge in [0.1, 0.15) is 6.33 Å². The van der Waals surface area contributed by atoms with Gasteiger partial charge in [0.05, 0.1) is 11.6 Å². The van der Waals surface area contributed by atoms with Crippen LogP contribution in [0.5, 0.6) is 0 Å². The smallest absolute Gasteiger partial charge is 0.243 e. The molecule has 1 aliphatic heterocycles. The molecule has 1 fully saturated rings. The lowest BCUT2D eigenvalue weighted by atomic mass is 10.3. The zero-order valence-corrected chi connectivity index (χ0v) is 19.2. The summed E-state index contributed by atoms with van der Waals surface area (Å²) in [6.45, 7) is 3.29. The van der Waals surface area contributed by atoms with E-state index in [-0.39, 0.29) is 4.90 Å². The summed E-state index contributed by atoms with van der Waals surface area (Å²) < 4.78 is 31.5. The molecule has 1 saturated heterocycles. The van der Waals surface area contributed by atoms with Crippen LogP contribution in [0.25, 0.3) is 0 Å². The molecule has 2 aromatic heterocycles. The molecule has 3 aromatic rings. The molecule has 0 N–H and O–H groups in total. The van der Waals surface area contributed by atoms with Crippen LogP contribution in [0.4, 0.5) is 0 Å². The van der Waals surface area contributed by atoms with Gasteiger partial charge in [-0.15, -0.1) is 0 Å². The van der Waals surface area contributed by atoms with E-state index in [2.05, 4.69) is 15.0 Å². The molecule has 0 saturated carbocycles. The van der Waals surface area contributed by atoms with E-state index < -0.39 is 10.0 Å². The summed E-state index contributed by atoms with van der Waals surface area (Å²) >= 11 is 11.4. The topological polar surface area (TPSA) is 76.3 Å². The predicted octanol–water partition coefficient (Wildman–Crippen LogP) is 2.67. The highest BCUT2D eigenvalue weighted by molar-refractivity contribution is 7.89. The summed E-state index contributed by atoms with van der Waals surface area (Å²) in [6, 6.07) is 12.1. The van der Waals surface area contributed by atoms with Crippen LogP contribution in [0, 0.1) is 4.77 Å². The van der Waals surface area contributed by atoms with Crippen molar-refractivity contribution in [1.29, 1.82) is 0 Å². The largest absolute Gasteiger partial charge is 0.306 e. The van der Waals surface area contributed by atoms with E-state index in [1.165, 1.54) is 4.31 Å². The van der Waals surface area contributed by atoms with Gasteiger partial charge in [-0.3, -0.25) is 9.88 Å². The molecule has 0 atom stereocenters. The van der Waals surface area contributed by atoms with Gasteiger partial charge in [-0.25, -0.2) is 13.1 Å². The number of nitrogens with zero attached hydrogens (tertiary/aromatic N) is 6. The summed E-state index contributed by atoms with van der Waals surface area (Å²) in [7, 11) is -3.52. The average Bonchev–Trinajstić information content (AvgIpc) is 3.13. The highest BCUT2D eigenvalue weighted by Crippen LogP contribution is 2.20. The van der Waals surface area contributed by atoms with Gasteiger partial charge in [0.25, 0.3) is 0 Å². The van der Waals surface area contributed by atoms with Gasteiger partial charge in [-0.05, 0) is 48.6 Å². The third-order valence-electron chi connectivity index (χ3n) is 5.25. The maximum Gasteiger partial charge on any atom is 0.243 e. The normalized spacial score (nSPS) is 15.9. The minimum atomic E-state index is -3.52. The third-order valence-corrected chi connectivity index (χ3v) is 7.86. The van der Waals surface area contributed by atoms with Crippen molar-refractivity contribution >= 4 is 33.8 Å². The van der Waals surface area contributed by atoms with E-state index in [4.69, 9.17) is 23.8 Å². The highest BCUT2D eigenvalue weighted by Gasteiger charge is 2.28. The molecule has 31 heavy (non-hydrogen) atoms. The first-order valence-corrected chi connectivity index (χ1v) is 12.2. The number of sulfonamides is 1. The van der Waals surface area contributed by atoms with Gasteiger partial charge >= 0.3 is 0 Å². The number of rotatable bonds is 7. The van der Waals surface area contributed by atoms with E-state index >= 15 is 0 Å². The maximum absolute atomic E-state index is 12.8. The molecular formula is C20H23ClN6O2S2. The van der Waals surface area contributed by atoms with Gasteiger partial charge in [0, 0.05) is 56.1 Å². The number of aromatic nitrogens is 4. The Morgan fingerprint density at radius 2 is 1.77 bits per heavy atom. The summed E-state index contributed by atoms with van der Waals surface area (Å²) in [4.78, 5) is 6.75. The number of pyridine rings is 1. The fraction of sp³-hybridized carbons (Fsp3) is 0.350. The Bertz CT molecular complexity index is 1170. The van der Waals surface area contributed by atoms with Gasteiger partial charge in [0.15, 0.2) is 4.77 Å². The summed E-state index contributed by atoms with van der Waals surface area (Å²) in [5, 5.41) is 4.93. The Morgan fingerprint density at radius 1 is 1.03 bits per heavy atom. The maximum atomic E-state index is 12.8. The lowest BCUT2D eigenvalue weighted by molar-refractivity contribution is 0.144. The van der Waals surface area contributed by atoms with Gasteiger partial charge in [-0.2, -0.15) is 9.40 Å². The SMILES string of the molecule is O=S(=O)(c1ccc(Cl)cc1)N1CCN(Cn2ncn(CCc3ccccn3)c2=S)CC1. The molecule has 8 nitrogen and oxygen atoms in total. The standard InChI is InChI=1S/C20H23ClN6O2S2/c21-17-4-6-19(7-5-17)31(28,29)26-13-11-24(12-14-26)16-27-20(30)25(15-23-27)10-8-18-3-1-2-9-22-18/h1-7,9,15H,8,10-14,16H2. The molecule has 0 unspecified atom stereocenters. The van der Waals surface area contributed by atoms with E-state index in [9.17, 15) is 8.42 Å². The van der Waals surface area contributed by atoms with E-state index in [0.717, 1.165) is 12.1 Å². The van der Waals surface area contributed by atoms with Crippen molar-refractivity contribution in [2.45, 2.75) is 24.5 Å². The zero-order valence-electron chi connectivity index (χ0n) is 16.8. The van der Waals surface area contributed by atoms with E-state index in [1.807, 2.05) is 22.8 Å². The van der Waals surface area contributed by atoms with E-state index in [0.29, 0.717) is 49.2 Å². The Balaban J connectivity index is 1.33. The van der Waals surface area contributed by atoms with Crippen LogP contribution in [0.2, 0.25) is 5.02 Å². The fourth-order valence-corrected chi connectivity index (χ4v) is 5.25. The molecule has 4 rings (SSSR count). The van der Waals surface area contributed by atoms with Gasteiger partial charge in [0.2, 0.25) is 10.0 Å². The second-order valence-electron chi connectivity index (χ2n) is 7.29. The Kier molecular flexibility index (Phi) is 6.83. The second-order valence-corrected chi connectivity index (χ2v) is 10.0. The Morgan fingerprint density at radius 3 is 2.45 bits per heavy atom. The summed E-state index contributed by atoms with van der Waals surface area (Å²) in [6.07, 6.45) is 4.30. The quantitative estimate of drug-likeness (QED) is 0.486. The molecule has 1 aromatic carbocycles. The molecule has 0 spiro atoms. The number of halogens is 1. The molecule has 0 radical (unpaired) electrons. The molecule has 0 aliphatic carbocycles. The summed E-state index contributed by atoms with van der Waals surface area (Å²) in [5.41, 5.74) is 1.01. The molecule has 0 bridgehead atoms. The minimum absolute atomic E-state index is 0.263. The van der Waals surface area contributed by atoms with Crippen LogP contribution in [0.1, 0.15) is 5.69 Å². The van der Waals surface area contributed by atoms with Gasteiger partial charge in [-0.1, -0.05) is 17.7 Å². The Hall–Kier alpha value is -2.11. The molecule has 1 aliphatic rings. The van der Waals surface area contributed by atoms with Crippen molar-refractivity contribution in [2.24, 2.45) is 0 Å².